The Kier molecular flexibility index (Phi) is 7.00. The molecule has 2 atom stereocenters. The quantitative estimate of drug-likeness (QED) is 0.490. The summed E-state index contributed by atoms with van der Waals surface area (Å²) in [6.07, 6.45) is 1.77. The predicted molar refractivity (Wildman–Crippen MR) is 135 cm³/mol. The molecule has 1 aromatic heterocycles. The van der Waals surface area contributed by atoms with Gasteiger partial charge in [0.05, 0.1) is 55.3 Å². The van der Waals surface area contributed by atoms with Crippen LogP contribution in [0.1, 0.15) is 33.3 Å². The highest BCUT2D eigenvalue weighted by molar-refractivity contribution is 6.05. The van der Waals surface area contributed by atoms with Gasteiger partial charge in [-0.1, -0.05) is 5.21 Å². The Bertz CT molecular complexity index is 1440. The molecular weight excluding hydrogens is 514 g/mol. The molecule has 2 unspecified atom stereocenters. The van der Waals surface area contributed by atoms with E-state index in [0.717, 1.165) is 24.9 Å². The number of amides is 2. The molecule has 3 heterocycles. The lowest BCUT2D eigenvalue weighted by Gasteiger charge is -2.36. The molecule has 1 N–H and O–H groups in total. The first kappa shape index (κ1) is 26.2. The maximum atomic E-state index is 14.4. The first-order valence-corrected chi connectivity index (χ1v) is 12.2. The van der Waals surface area contributed by atoms with Crippen molar-refractivity contribution in [1.29, 1.82) is 0 Å². The number of morpholine rings is 1. The van der Waals surface area contributed by atoms with Crippen LogP contribution in [0.5, 0.6) is 0 Å². The van der Waals surface area contributed by atoms with Gasteiger partial charge in [-0.2, -0.15) is 0 Å². The number of carbonyl (C=O) groups excluding carboxylic acids is 3. The fourth-order valence-corrected chi connectivity index (χ4v) is 4.70. The minimum absolute atomic E-state index is 0.0274. The second-order valence-electron chi connectivity index (χ2n) is 9.37. The lowest BCUT2D eigenvalue weighted by Crippen LogP contribution is -2.50. The maximum Gasteiger partial charge on any atom is 0.343 e. The van der Waals surface area contributed by atoms with E-state index in [1.54, 1.807) is 24.0 Å². The minimum atomic E-state index is -1.12. The van der Waals surface area contributed by atoms with Gasteiger partial charge in [0, 0.05) is 37.7 Å². The molecule has 39 heavy (non-hydrogen) atoms. The van der Waals surface area contributed by atoms with Crippen molar-refractivity contribution in [3.05, 3.63) is 65.0 Å². The van der Waals surface area contributed by atoms with Gasteiger partial charge in [0.1, 0.15) is 23.2 Å². The summed E-state index contributed by atoms with van der Waals surface area (Å²) in [6.45, 7) is 2.78. The van der Waals surface area contributed by atoms with Crippen LogP contribution in [-0.4, -0.2) is 83.7 Å². The zero-order valence-electron chi connectivity index (χ0n) is 21.5. The van der Waals surface area contributed by atoms with Gasteiger partial charge in [-0.25, -0.2) is 18.3 Å². The first-order valence-electron chi connectivity index (χ1n) is 12.2. The molecule has 0 saturated carbocycles. The second kappa shape index (κ2) is 10.4. The number of nitrogens with one attached hydrogen (secondary N) is 1. The molecule has 5 rings (SSSR count). The van der Waals surface area contributed by atoms with E-state index in [1.165, 1.54) is 10.9 Å². The summed E-state index contributed by atoms with van der Waals surface area (Å²) in [5, 5.41) is 10.9. The number of fused-ring (bicyclic) bond motifs is 1. The third kappa shape index (κ3) is 4.92. The molecule has 13 heteroatoms. The van der Waals surface area contributed by atoms with Crippen LogP contribution in [0.15, 0.2) is 36.5 Å². The lowest BCUT2D eigenvalue weighted by molar-refractivity contribution is -0.117. The minimum Gasteiger partial charge on any atom is -0.465 e. The molecule has 1 fully saturated rings. The van der Waals surface area contributed by atoms with Crippen LogP contribution in [0.3, 0.4) is 0 Å². The standard InChI is InChI=1S/C26H26F2N6O5/c1-14-24(35)29-21-8-15(4-5-22(21)32(14)2)25(36)33-6-7-39-13-18(33)9-16-12-34(31-30-16)17-10-19(27)23(20(28)11-17)26(37)38-3/h4-5,8,10-12,14,18H,6-7,9,13H2,1-3H3,(H,29,35). The van der Waals surface area contributed by atoms with Crippen molar-refractivity contribution >= 4 is 29.2 Å². The Hall–Kier alpha value is -4.39. The Balaban J connectivity index is 1.35. The van der Waals surface area contributed by atoms with E-state index in [9.17, 15) is 23.2 Å². The van der Waals surface area contributed by atoms with Gasteiger partial charge < -0.3 is 24.6 Å². The number of rotatable bonds is 5. The van der Waals surface area contributed by atoms with Crippen LogP contribution in [0.4, 0.5) is 20.2 Å². The monoisotopic (exact) mass is 540 g/mol. The number of hydrogen-bond donors (Lipinski definition) is 1. The summed E-state index contributed by atoms with van der Waals surface area (Å²) >= 11 is 0. The normalized spacial score (nSPS) is 18.9. The fraction of sp³-hybridized carbons (Fsp3) is 0.346. The number of aromatic nitrogens is 3. The van der Waals surface area contributed by atoms with E-state index in [-0.39, 0.29) is 42.6 Å². The number of likely N-dealkylation sites (N-methyl/N-ethyl adjacent to an activating group) is 1. The molecule has 0 aliphatic carbocycles. The van der Waals surface area contributed by atoms with Crippen LogP contribution in [0.2, 0.25) is 0 Å². The van der Waals surface area contributed by atoms with Gasteiger partial charge in [-0.3, -0.25) is 9.59 Å². The number of ether oxygens (including phenoxy) is 2. The number of esters is 1. The number of hydrogen-bond acceptors (Lipinski definition) is 8. The number of halogens is 2. The molecule has 0 bridgehead atoms. The summed E-state index contributed by atoms with van der Waals surface area (Å²) < 4.78 is 40.0. The zero-order valence-corrected chi connectivity index (χ0v) is 21.5. The second-order valence-corrected chi connectivity index (χ2v) is 9.37. The molecule has 2 aromatic carbocycles. The SMILES string of the molecule is COC(=O)c1c(F)cc(-n2cc(CC3COCCN3C(=O)c3ccc4c(c3)NC(=O)C(C)N4C)nn2)cc1F. The van der Waals surface area contributed by atoms with Crippen LogP contribution < -0.4 is 10.2 Å². The molecular formula is C26H26F2N6O5. The van der Waals surface area contributed by atoms with Crippen molar-refractivity contribution in [2.45, 2.75) is 25.4 Å². The van der Waals surface area contributed by atoms with Gasteiger partial charge in [0.2, 0.25) is 5.91 Å². The number of benzene rings is 2. The van der Waals surface area contributed by atoms with E-state index in [2.05, 4.69) is 20.4 Å². The number of carbonyl (C=O) groups is 3. The van der Waals surface area contributed by atoms with Gasteiger partial charge in [-0.15, -0.1) is 5.10 Å². The molecule has 2 aliphatic rings. The maximum absolute atomic E-state index is 14.4. The highest BCUT2D eigenvalue weighted by atomic mass is 19.1. The van der Waals surface area contributed by atoms with Crippen molar-refractivity contribution in [1.82, 2.24) is 19.9 Å². The average Bonchev–Trinajstić information content (AvgIpc) is 3.39. The number of anilines is 2. The third-order valence-corrected chi connectivity index (χ3v) is 7.00. The van der Waals surface area contributed by atoms with Crippen molar-refractivity contribution in [2.24, 2.45) is 0 Å². The van der Waals surface area contributed by atoms with Gasteiger partial charge in [-0.05, 0) is 25.1 Å². The predicted octanol–water partition coefficient (Wildman–Crippen LogP) is 2.19. The zero-order chi connectivity index (χ0) is 27.8. The summed E-state index contributed by atoms with van der Waals surface area (Å²) in [4.78, 5) is 40.9. The van der Waals surface area contributed by atoms with E-state index >= 15 is 0 Å². The van der Waals surface area contributed by atoms with Gasteiger partial charge in [0.15, 0.2) is 0 Å². The number of nitrogens with zero attached hydrogens (tertiary/aromatic N) is 5. The molecule has 2 amide bonds. The lowest BCUT2D eigenvalue weighted by atomic mass is 10.0. The van der Waals surface area contributed by atoms with Crippen molar-refractivity contribution < 1.29 is 32.6 Å². The Morgan fingerprint density at radius 3 is 2.67 bits per heavy atom. The van der Waals surface area contributed by atoms with Gasteiger partial charge >= 0.3 is 5.97 Å². The molecule has 1 saturated heterocycles. The van der Waals surface area contributed by atoms with E-state index in [1.807, 2.05) is 18.0 Å². The first-order chi connectivity index (χ1) is 18.7. The Morgan fingerprint density at radius 2 is 1.95 bits per heavy atom. The van der Waals surface area contributed by atoms with Crippen LogP contribution >= 0.6 is 0 Å². The van der Waals surface area contributed by atoms with Crippen molar-refractivity contribution in [2.75, 3.05) is 44.1 Å². The summed E-state index contributed by atoms with van der Waals surface area (Å²) in [5.74, 6) is -3.68. The molecule has 0 radical (unpaired) electrons. The van der Waals surface area contributed by atoms with Crippen LogP contribution in [0, 0.1) is 11.6 Å². The average molecular weight is 541 g/mol. The third-order valence-electron chi connectivity index (χ3n) is 7.00. The Morgan fingerprint density at radius 1 is 1.21 bits per heavy atom. The summed E-state index contributed by atoms with van der Waals surface area (Å²) in [7, 11) is 2.86. The topological polar surface area (TPSA) is 119 Å². The van der Waals surface area contributed by atoms with Crippen LogP contribution in [-0.2, 0) is 20.7 Å². The fourth-order valence-electron chi connectivity index (χ4n) is 4.70. The smallest absolute Gasteiger partial charge is 0.343 e. The largest absolute Gasteiger partial charge is 0.465 e. The van der Waals surface area contributed by atoms with Crippen molar-refractivity contribution in [3.63, 3.8) is 0 Å². The molecule has 0 spiro atoms. The Labute approximate surface area is 222 Å². The molecule has 11 nitrogen and oxygen atoms in total. The number of methoxy groups -OCH3 is 1. The van der Waals surface area contributed by atoms with E-state index in [4.69, 9.17) is 4.74 Å². The van der Waals surface area contributed by atoms with Crippen molar-refractivity contribution in [3.8, 4) is 5.69 Å². The van der Waals surface area contributed by atoms with E-state index in [0.29, 0.717) is 30.1 Å². The molecule has 3 aromatic rings. The molecule has 2 aliphatic heterocycles. The summed E-state index contributed by atoms with van der Waals surface area (Å²) in [5.41, 5.74) is 1.51. The van der Waals surface area contributed by atoms with Crippen LogP contribution in [0.25, 0.3) is 5.69 Å². The van der Waals surface area contributed by atoms with Gasteiger partial charge in [0.25, 0.3) is 5.91 Å². The molecule has 204 valence electrons. The van der Waals surface area contributed by atoms with E-state index < -0.39 is 23.2 Å². The highest BCUT2D eigenvalue weighted by Crippen LogP contribution is 2.32. The summed E-state index contributed by atoms with van der Waals surface area (Å²) in [6, 6.07) is 6.42. The highest BCUT2D eigenvalue weighted by Gasteiger charge is 2.32.